The van der Waals surface area contributed by atoms with Crippen LogP contribution < -0.4 is 5.73 Å². The first-order chi connectivity index (χ1) is 5.61. The average molecular weight is 175 g/mol. The van der Waals surface area contributed by atoms with Crippen molar-refractivity contribution >= 4 is 0 Å². The van der Waals surface area contributed by atoms with Crippen molar-refractivity contribution in [2.75, 3.05) is 13.2 Å². The van der Waals surface area contributed by atoms with Crippen LogP contribution in [0.25, 0.3) is 0 Å². The summed E-state index contributed by atoms with van der Waals surface area (Å²) in [5.41, 5.74) is 5.73. The average Bonchev–Trinajstić information content (AvgIpc) is 2.04. The number of ether oxygens (including phenoxy) is 1. The standard InChI is InChI=1S/C9H21NO2/c1-4-8(10)9(5-11)12-6-7(2)3/h7-9,11H,4-6,10H2,1-3H3. The molecule has 3 N–H and O–H groups in total. The first kappa shape index (κ1) is 11.9. The second-order valence-electron chi connectivity index (χ2n) is 3.52. The molecule has 3 heteroatoms. The van der Waals surface area contributed by atoms with Gasteiger partial charge in [-0.05, 0) is 12.3 Å². The van der Waals surface area contributed by atoms with Crippen LogP contribution in [0.4, 0.5) is 0 Å². The highest BCUT2D eigenvalue weighted by Gasteiger charge is 2.15. The van der Waals surface area contributed by atoms with Gasteiger partial charge in [0.25, 0.3) is 0 Å². The molecule has 3 nitrogen and oxygen atoms in total. The Hall–Kier alpha value is -0.120. The van der Waals surface area contributed by atoms with E-state index >= 15 is 0 Å². The Balaban J connectivity index is 3.67. The third kappa shape index (κ3) is 4.70. The van der Waals surface area contributed by atoms with Crippen LogP contribution in [0, 0.1) is 5.92 Å². The third-order valence-corrected chi connectivity index (χ3v) is 1.77. The topological polar surface area (TPSA) is 55.5 Å². The van der Waals surface area contributed by atoms with E-state index in [2.05, 4.69) is 13.8 Å². The van der Waals surface area contributed by atoms with Crippen LogP contribution in [0.1, 0.15) is 27.2 Å². The summed E-state index contributed by atoms with van der Waals surface area (Å²) in [5, 5.41) is 8.94. The van der Waals surface area contributed by atoms with E-state index in [4.69, 9.17) is 15.6 Å². The molecule has 0 aliphatic rings. The molecule has 0 rings (SSSR count). The molecule has 0 fully saturated rings. The maximum absolute atomic E-state index is 8.94. The summed E-state index contributed by atoms with van der Waals surface area (Å²) in [6, 6.07) is -0.0475. The monoisotopic (exact) mass is 175 g/mol. The van der Waals surface area contributed by atoms with Gasteiger partial charge in [-0.25, -0.2) is 0 Å². The van der Waals surface area contributed by atoms with Crippen molar-refractivity contribution in [3.8, 4) is 0 Å². The van der Waals surface area contributed by atoms with E-state index in [1.54, 1.807) is 0 Å². The third-order valence-electron chi connectivity index (χ3n) is 1.77. The van der Waals surface area contributed by atoms with Gasteiger partial charge in [0.2, 0.25) is 0 Å². The van der Waals surface area contributed by atoms with Gasteiger partial charge in [0.15, 0.2) is 0 Å². The maximum Gasteiger partial charge on any atom is 0.0956 e. The Kier molecular flexibility index (Phi) is 6.34. The maximum atomic E-state index is 8.94. The zero-order valence-corrected chi connectivity index (χ0v) is 8.29. The molecule has 0 radical (unpaired) electrons. The van der Waals surface area contributed by atoms with E-state index in [1.165, 1.54) is 0 Å². The minimum Gasteiger partial charge on any atom is -0.394 e. The molecular formula is C9H21NO2. The van der Waals surface area contributed by atoms with Crippen molar-refractivity contribution in [2.24, 2.45) is 11.7 Å². The molecular weight excluding hydrogens is 154 g/mol. The van der Waals surface area contributed by atoms with E-state index in [0.717, 1.165) is 6.42 Å². The Labute approximate surface area is 74.9 Å². The number of aliphatic hydroxyl groups excluding tert-OH is 1. The van der Waals surface area contributed by atoms with Gasteiger partial charge in [-0.2, -0.15) is 0 Å². The molecule has 0 aliphatic carbocycles. The summed E-state index contributed by atoms with van der Waals surface area (Å²) in [7, 11) is 0. The van der Waals surface area contributed by atoms with Gasteiger partial charge in [0, 0.05) is 12.6 Å². The van der Waals surface area contributed by atoms with E-state index in [9.17, 15) is 0 Å². The molecule has 0 spiro atoms. The summed E-state index contributed by atoms with van der Waals surface area (Å²) in [6.07, 6.45) is 0.640. The number of aliphatic hydroxyl groups is 1. The Morgan fingerprint density at radius 1 is 1.42 bits per heavy atom. The zero-order valence-electron chi connectivity index (χ0n) is 8.29. The van der Waals surface area contributed by atoms with Gasteiger partial charge < -0.3 is 15.6 Å². The predicted molar refractivity (Wildman–Crippen MR) is 49.9 cm³/mol. The molecule has 0 aromatic rings. The van der Waals surface area contributed by atoms with Crippen LogP contribution in [-0.4, -0.2) is 30.5 Å². The second-order valence-corrected chi connectivity index (χ2v) is 3.52. The lowest BCUT2D eigenvalue weighted by Gasteiger charge is -2.22. The summed E-state index contributed by atoms with van der Waals surface area (Å²) >= 11 is 0. The molecule has 2 atom stereocenters. The van der Waals surface area contributed by atoms with Crippen molar-refractivity contribution in [3.05, 3.63) is 0 Å². The van der Waals surface area contributed by atoms with Crippen molar-refractivity contribution in [2.45, 2.75) is 39.3 Å². The van der Waals surface area contributed by atoms with Crippen LogP contribution in [-0.2, 0) is 4.74 Å². The molecule has 0 amide bonds. The molecule has 0 saturated heterocycles. The molecule has 0 bridgehead atoms. The second kappa shape index (κ2) is 6.40. The van der Waals surface area contributed by atoms with Crippen molar-refractivity contribution < 1.29 is 9.84 Å². The quantitative estimate of drug-likeness (QED) is 0.626. The fourth-order valence-corrected chi connectivity index (χ4v) is 0.891. The van der Waals surface area contributed by atoms with Gasteiger partial charge in [-0.15, -0.1) is 0 Å². The van der Waals surface area contributed by atoms with E-state index in [0.29, 0.717) is 12.5 Å². The zero-order chi connectivity index (χ0) is 9.56. The fraction of sp³-hybridized carbons (Fsp3) is 1.00. The summed E-state index contributed by atoms with van der Waals surface area (Å²) in [4.78, 5) is 0. The minimum absolute atomic E-state index is 0.0156. The first-order valence-corrected chi connectivity index (χ1v) is 4.59. The van der Waals surface area contributed by atoms with Crippen molar-refractivity contribution in [1.29, 1.82) is 0 Å². The molecule has 0 aromatic heterocycles. The number of hydrogen-bond donors (Lipinski definition) is 2. The molecule has 0 aromatic carbocycles. The van der Waals surface area contributed by atoms with Gasteiger partial charge in [0.1, 0.15) is 0 Å². The lowest BCUT2D eigenvalue weighted by atomic mass is 10.1. The molecule has 74 valence electrons. The van der Waals surface area contributed by atoms with Gasteiger partial charge in [-0.3, -0.25) is 0 Å². The van der Waals surface area contributed by atoms with Crippen LogP contribution in [0.3, 0.4) is 0 Å². The lowest BCUT2D eigenvalue weighted by molar-refractivity contribution is -0.0144. The largest absolute Gasteiger partial charge is 0.394 e. The van der Waals surface area contributed by atoms with E-state index < -0.39 is 0 Å². The molecule has 12 heavy (non-hydrogen) atoms. The summed E-state index contributed by atoms with van der Waals surface area (Å²) < 4.78 is 5.43. The molecule has 0 saturated carbocycles. The first-order valence-electron chi connectivity index (χ1n) is 4.59. The van der Waals surface area contributed by atoms with Crippen LogP contribution in [0.5, 0.6) is 0 Å². The van der Waals surface area contributed by atoms with Crippen molar-refractivity contribution in [1.82, 2.24) is 0 Å². The van der Waals surface area contributed by atoms with Gasteiger partial charge >= 0.3 is 0 Å². The Bertz CT molecular complexity index is 107. The molecule has 2 unspecified atom stereocenters. The minimum atomic E-state index is -0.197. The molecule has 0 heterocycles. The van der Waals surface area contributed by atoms with Crippen molar-refractivity contribution in [3.63, 3.8) is 0 Å². The van der Waals surface area contributed by atoms with Crippen LogP contribution in [0.2, 0.25) is 0 Å². The van der Waals surface area contributed by atoms with Gasteiger partial charge in [-0.1, -0.05) is 20.8 Å². The normalized spacial score (nSPS) is 16.5. The van der Waals surface area contributed by atoms with E-state index in [1.807, 2.05) is 6.92 Å². The number of nitrogens with two attached hydrogens (primary N) is 1. The highest BCUT2D eigenvalue weighted by atomic mass is 16.5. The fourth-order valence-electron chi connectivity index (χ4n) is 0.891. The number of hydrogen-bond acceptors (Lipinski definition) is 3. The molecule has 0 aliphatic heterocycles. The summed E-state index contributed by atoms with van der Waals surface area (Å²) in [5.74, 6) is 0.489. The smallest absolute Gasteiger partial charge is 0.0956 e. The SMILES string of the molecule is CCC(N)C(CO)OCC(C)C. The highest BCUT2D eigenvalue weighted by molar-refractivity contribution is 4.70. The highest BCUT2D eigenvalue weighted by Crippen LogP contribution is 2.03. The van der Waals surface area contributed by atoms with E-state index in [-0.39, 0.29) is 18.8 Å². The predicted octanol–water partition coefficient (Wildman–Crippen LogP) is 0.757. The number of rotatable bonds is 6. The lowest BCUT2D eigenvalue weighted by Crippen LogP contribution is -2.39. The Morgan fingerprint density at radius 3 is 2.33 bits per heavy atom. The van der Waals surface area contributed by atoms with Crippen LogP contribution >= 0.6 is 0 Å². The van der Waals surface area contributed by atoms with Crippen LogP contribution in [0.15, 0.2) is 0 Å². The van der Waals surface area contributed by atoms with Gasteiger partial charge in [0.05, 0.1) is 12.7 Å². The Morgan fingerprint density at radius 2 is 2.00 bits per heavy atom. The summed E-state index contributed by atoms with van der Waals surface area (Å²) in [6.45, 7) is 6.82.